The van der Waals surface area contributed by atoms with Crippen molar-refractivity contribution in [1.82, 2.24) is 19.7 Å². The average Bonchev–Trinajstić information content (AvgIpc) is 2.83. The van der Waals surface area contributed by atoms with Crippen molar-refractivity contribution in [2.24, 2.45) is 7.05 Å². The van der Waals surface area contributed by atoms with E-state index in [1.807, 2.05) is 0 Å². The molecule has 5 nitrogen and oxygen atoms in total. The van der Waals surface area contributed by atoms with Crippen LogP contribution in [0.1, 0.15) is 5.82 Å². The second-order valence-electron chi connectivity index (χ2n) is 4.30. The molecule has 0 unspecified atom stereocenters. The molecule has 2 aromatic heterocycles. The van der Waals surface area contributed by atoms with Gasteiger partial charge in [0, 0.05) is 13.1 Å². The Kier molecular flexibility index (Phi) is 3.42. The third-order valence-electron chi connectivity index (χ3n) is 2.85. The van der Waals surface area contributed by atoms with Crippen LogP contribution in [0, 0.1) is 11.6 Å². The lowest BCUT2D eigenvalue weighted by Crippen LogP contribution is -2.04. The Labute approximate surface area is 123 Å². The van der Waals surface area contributed by atoms with Crippen molar-refractivity contribution >= 4 is 22.6 Å². The SMILES string of the molecule is Cn1ncc2c(Cl)nc(COc3ccc(F)c(F)c3)nc21. The summed E-state index contributed by atoms with van der Waals surface area (Å²) in [5.41, 5.74) is 0.568. The molecule has 0 saturated heterocycles. The number of rotatable bonds is 3. The van der Waals surface area contributed by atoms with Crippen molar-refractivity contribution in [3.05, 3.63) is 47.0 Å². The zero-order chi connectivity index (χ0) is 15.0. The van der Waals surface area contributed by atoms with E-state index in [-0.39, 0.29) is 17.5 Å². The molecule has 0 N–H and O–H groups in total. The molecule has 0 spiro atoms. The summed E-state index contributed by atoms with van der Waals surface area (Å²) < 4.78 is 32.8. The molecule has 0 saturated carbocycles. The van der Waals surface area contributed by atoms with Gasteiger partial charge in [0.2, 0.25) is 0 Å². The number of aromatic nitrogens is 4. The third-order valence-corrected chi connectivity index (χ3v) is 3.14. The number of fused-ring (bicyclic) bond motifs is 1. The van der Waals surface area contributed by atoms with Crippen LogP contribution in [-0.2, 0) is 13.7 Å². The molecule has 0 fully saturated rings. The van der Waals surface area contributed by atoms with Crippen molar-refractivity contribution in [2.75, 3.05) is 0 Å². The number of benzene rings is 1. The molecule has 3 aromatic rings. The van der Waals surface area contributed by atoms with Crippen LogP contribution < -0.4 is 4.74 Å². The first kappa shape index (κ1) is 13.7. The molecule has 0 aliphatic carbocycles. The summed E-state index contributed by atoms with van der Waals surface area (Å²) in [5, 5.41) is 4.93. The number of ether oxygens (including phenoxy) is 1. The van der Waals surface area contributed by atoms with Crippen molar-refractivity contribution in [3.8, 4) is 5.75 Å². The van der Waals surface area contributed by atoms with Gasteiger partial charge in [0.25, 0.3) is 0 Å². The van der Waals surface area contributed by atoms with E-state index in [1.165, 1.54) is 6.07 Å². The highest BCUT2D eigenvalue weighted by atomic mass is 35.5. The van der Waals surface area contributed by atoms with E-state index in [0.717, 1.165) is 12.1 Å². The van der Waals surface area contributed by atoms with Crippen LogP contribution in [-0.4, -0.2) is 19.7 Å². The van der Waals surface area contributed by atoms with E-state index in [9.17, 15) is 8.78 Å². The molecule has 108 valence electrons. The Hall–Kier alpha value is -2.28. The normalized spacial score (nSPS) is 11.0. The van der Waals surface area contributed by atoms with Gasteiger partial charge < -0.3 is 4.74 Å². The van der Waals surface area contributed by atoms with Gasteiger partial charge in [-0.1, -0.05) is 11.6 Å². The number of nitrogens with zero attached hydrogens (tertiary/aromatic N) is 4. The summed E-state index contributed by atoms with van der Waals surface area (Å²) in [6, 6.07) is 3.27. The largest absolute Gasteiger partial charge is 0.486 e. The van der Waals surface area contributed by atoms with Crippen LogP contribution in [0.15, 0.2) is 24.4 Å². The fourth-order valence-corrected chi connectivity index (χ4v) is 2.04. The Bertz CT molecular complexity index is 821. The zero-order valence-corrected chi connectivity index (χ0v) is 11.6. The van der Waals surface area contributed by atoms with Crippen LogP contribution in [0.25, 0.3) is 11.0 Å². The van der Waals surface area contributed by atoms with E-state index in [4.69, 9.17) is 16.3 Å². The summed E-state index contributed by atoms with van der Waals surface area (Å²) >= 11 is 6.03. The maximum absolute atomic E-state index is 13.1. The second kappa shape index (κ2) is 5.25. The maximum atomic E-state index is 13.1. The minimum atomic E-state index is -0.978. The van der Waals surface area contributed by atoms with E-state index < -0.39 is 11.6 Å². The summed E-state index contributed by atoms with van der Waals surface area (Å²) in [6.07, 6.45) is 1.57. The average molecular weight is 311 g/mol. The van der Waals surface area contributed by atoms with Crippen molar-refractivity contribution in [2.45, 2.75) is 6.61 Å². The zero-order valence-electron chi connectivity index (χ0n) is 10.8. The molecular formula is C13H9ClF2N4O. The summed E-state index contributed by atoms with van der Waals surface area (Å²) in [7, 11) is 1.73. The predicted molar refractivity (Wildman–Crippen MR) is 72.0 cm³/mol. The lowest BCUT2D eigenvalue weighted by Gasteiger charge is -2.06. The molecule has 0 aliphatic rings. The minimum Gasteiger partial charge on any atom is -0.486 e. The maximum Gasteiger partial charge on any atom is 0.170 e. The van der Waals surface area contributed by atoms with Gasteiger partial charge in [-0.25, -0.2) is 18.7 Å². The molecule has 3 rings (SSSR count). The molecule has 0 atom stereocenters. The highest BCUT2D eigenvalue weighted by molar-refractivity contribution is 6.33. The molecule has 8 heteroatoms. The van der Waals surface area contributed by atoms with Crippen LogP contribution in [0.5, 0.6) is 5.75 Å². The monoisotopic (exact) mass is 310 g/mol. The van der Waals surface area contributed by atoms with E-state index in [0.29, 0.717) is 16.9 Å². The predicted octanol–water partition coefficient (Wildman–Crippen LogP) is 2.87. The second-order valence-corrected chi connectivity index (χ2v) is 4.66. The van der Waals surface area contributed by atoms with Gasteiger partial charge in [-0.2, -0.15) is 5.10 Å². The van der Waals surface area contributed by atoms with Crippen molar-refractivity contribution in [3.63, 3.8) is 0 Å². The lowest BCUT2D eigenvalue weighted by atomic mass is 10.3. The summed E-state index contributed by atoms with van der Waals surface area (Å²) in [6.45, 7) is -0.0219. The van der Waals surface area contributed by atoms with Gasteiger partial charge in [-0.15, -0.1) is 0 Å². The lowest BCUT2D eigenvalue weighted by molar-refractivity contribution is 0.293. The van der Waals surface area contributed by atoms with Crippen LogP contribution in [0.4, 0.5) is 8.78 Å². The molecule has 2 heterocycles. The van der Waals surface area contributed by atoms with Crippen molar-refractivity contribution in [1.29, 1.82) is 0 Å². The molecule has 0 aliphatic heterocycles. The van der Waals surface area contributed by atoms with E-state index in [2.05, 4.69) is 15.1 Å². The number of aryl methyl sites for hydroxylation is 1. The van der Waals surface area contributed by atoms with Crippen LogP contribution in [0.3, 0.4) is 0 Å². The van der Waals surface area contributed by atoms with Crippen molar-refractivity contribution < 1.29 is 13.5 Å². The Morgan fingerprint density at radius 1 is 1.24 bits per heavy atom. The Balaban J connectivity index is 1.84. The van der Waals surface area contributed by atoms with Gasteiger partial charge in [0.1, 0.15) is 17.5 Å². The Morgan fingerprint density at radius 3 is 2.81 bits per heavy atom. The third kappa shape index (κ3) is 2.64. The fourth-order valence-electron chi connectivity index (χ4n) is 1.81. The summed E-state index contributed by atoms with van der Waals surface area (Å²) in [5.74, 6) is -1.41. The van der Waals surface area contributed by atoms with Crippen LogP contribution >= 0.6 is 11.6 Å². The quantitative estimate of drug-likeness (QED) is 0.698. The number of hydrogen-bond acceptors (Lipinski definition) is 4. The van der Waals surface area contributed by atoms with E-state index >= 15 is 0 Å². The van der Waals surface area contributed by atoms with Gasteiger partial charge >= 0.3 is 0 Å². The Morgan fingerprint density at radius 2 is 2.05 bits per heavy atom. The van der Waals surface area contributed by atoms with E-state index in [1.54, 1.807) is 17.9 Å². The first-order valence-corrected chi connectivity index (χ1v) is 6.34. The first-order valence-electron chi connectivity index (χ1n) is 5.96. The molecule has 0 amide bonds. The number of hydrogen-bond donors (Lipinski definition) is 0. The fraction of sp³-hybridized carbons (Fsp3) is 0.154. The summed E-state index contributed by atoms with van der Waals surface area (Å²) in [4.78, 5) is 8.34. The minimum absolute atomic E-state index is 0.0219. The molecule has 21 heavy (non-hydrogen) atoms. The first-order chi connectivity index (χ1) is 10.0. The topological polar surface area (TPSA) is 52.8 Å². The standard InChI is InChI=1S/C13H9ClF2N4O/c1-20-13-8(5-17-20)12(14)18-11(19-13)6-21-7-2-3-9(15)10(16)4-7/h2-5H,6H2,1H3. The molecular weight excluding hydrogens is 302 g/mol. The number of halogens is 3. The highest BCUT2D eigenvalue weighted by Crippen LogP contribution is 2.20. The highest BCUT2D eigenvalue weighted by Gasteiger charge is 2.11. The van der Waals surface area contributed by atoms with Gasteiger partial charge in [-0.3, -0.25) is 4.68 Å². The van der Waals surface area contributed by atoms with Gasteiger partial charge in [0.05, 0.1) is 11.6 Å². The smallest absolute Gasteiger partial charge is 0.170 e. The molecule has 0 radical (unpaired) electrons. The van der Waals surface area contributed by atoms with Crippen LogP contribution in [0.2, 0.25) is 5.15 Å². The van der Waals surface area contributed by atoms with Gasteiger partial charge in [-0.05, 0) is 12.1 Å². The van der Waals surface area contributed by atoms with Gasteiger partial charge in [0.15, 0.2) is 23.1 Å². The molecule has 0 bridgehead atoms. The molecule has 1 aromatic carbocycles.